The lowest BCUT2D eigenvalue weighted by atomic mass is 9.66. The van der Waals surface area contributed by atoms with Gasteiger partial charge in [-0.1, -0.05) is 6.42 Å². The minimum Gasteiger partial charge on any atom is -0.481 e. The van der Waals surface area contributed by atoms with E-state index >= 15 is 0 Å². The molecule has 2 aliphatic rings. The van der Waals surface area contributed by atoms with Crippen molar-refractivity contribution in [1.29, 1.82) is 0 Å². The van der Waals surface area contributed by atoms with Crippen LogP contribution in [0.2, 0.25) is 0 Å². The van der Waals surface area contributed by atoms with E-state index in [1.54, 1.807) is 0 Å². The van der Waals surface area contributed by atoms with Crippen molar-refractivity contribution in [1.82, 2.24) is 15.5 Å². The second kappa shape index (κ2) is 6.43. The maximum atomic E-state index is 11.8. The van der Waals surface area contributed by atoms with Crippen LogP contribution in [0.1, 0.15) is 38.5 Å². The number of hydrogen-bond donors (Lipinski definition) is 3. The number of aliphatic carboxylic acids is 1. The summed E-state index contributed by atoms with van der Waals surface area (Å²) in [6.07, 6.45) is 5.31. The zero-order chi connectivity index (χ0) is 14.6. The monoisotopic (exact) mass is 283 g/mol. The van der Waals surface area contributed by atoms with E-state index in [9.17, 15) is 9.59 Å². The van der Waals surface area contributed by atoms with Gasteiger partial charge < -0.3 is 20.6 Å². The summed E-state index contributed by atoms with van der Waals surface area (Å²) in [6.45, 7) is 2.22. The van der Waals surface area contributed by atoms with Crippen molar-refractivity contribution in [3.05, 3.63) is 0 Å². The highest BCUT2D eigenvalue weighted by Crippen LogP contribution is 2.43. The normalized spacial score (nSPS) is 24.9. The molecule has 0 aromatic rings. The maximum absolute atomic E-state index is 11.8. The second-order valence-electron chi connectivity index (χ2n) is 6.26. The molecule has 0 bridgehead atoms. The SMILES string of the molecule is CN1CCCC1CNC(=O)NCC1(CC(=O)O)CCC1. The molecule has 114 valence electrons. The van der Waals surface area contributed by atoms with Gasteiger partial charge in [-0.05, 0) is 44.7 Å². The van der Waals surface area contributed by atoms with Gasteiger partial charge in [0.25, 0.3) is 0 Å². The van der Waals surface area contributed by atoms with E-state index in [-0.39, 0.29) is 17.9 Å². The fourth-order valence-electron chi connectivity index (χ4n) is 3.19. The predicted molar refractivity (Wildman–Crippen MR) is 75.6 cm³/mol. The van der Waals surface area contributed by atoms with Gasteiger partial charge in [0.15, 0.2) is 0 Å². The van der Waals surface area contributed by atoms with Gasteiger partial charge in [0.05, 0.1) is 6.42 Å². The molecule has 1 aliphatic carbocycles. The van der Waals surface area contributed by atoms with Crippen molar-refractivity contribution in [2.45, 2.75) is 44.6 Å². The summed E-state index contributed by atoms with van der Waals surface area (Å²) in [5.41, 5.74) is -0.215. The second-order valence-corrected chi connectivity index (χ2v) is 6.26. The third kappa shape index (κ3) is 3.85. The van der Waals surface area contributed by atoms with Crippen LogP contribution in [-0.2, 0) is 4.79 Å². The van der Waals surface area contributed by atoms with E-state index < -0.39 is 5.97 Å². The molecule has 20 heavy (non-hydrogen) atoms. The molecule has 2 amide bonds. The first-order valence-electron chi connectivity index (χ1n) is 7.44. The fourth-order valence-corrected chi connectivity index (χ4v) is 3.19. The average molecular weight is 283 g/mol. The molecule has 6 nitrogen and oxygen atoms in total. The van der Waals surface area contributed by atoms with Crippen molar-refractivity contribution in [2.75, 3.05) is 26.7 Å². The number of urea groups is 1. The molecule has 0 radical (unpaired) electrons. The number of carbonyl (C=O) groups excluding carboxylic acids is 1. The summed E-state index contributed by atoms with van der Waals surface area (Å²) in [7, 11) is 2.08. The minimum absolute atomic E-state index is 0.151. The lowest BCUT2D eigenvalue weighted by molar-refractivity contribution is -0.141. The molecule has 1 atom stereocenters. The highest BCUT2D eigenvalue weighted by atomic mass is 16.4. The van der Waals surface area contributed by atoms with Crippen molar-refractivity contribution in [3.8, 4) is 0 Å². The van der Waals surface area contributed by atoms with E-state index in [1.165, 1.54) is 6.42 Å². The summed E-state index contributed by atoms with van der Waals surface area (Å²) in [6, 6.07) is 0.249. The number of likely N-dealkylation sites (tertiary alicyclic amines) is 1. The van der Waals surface area contributed by atoms with Gasteiger partial charge in [0, 0.05) is 19.1 Å². The van der Waals surface area contributed by atoms with Crippen molar-refractivity contribution in [3.63, 3.8) is 0 Å². The molecule has 2 rings (SSSR count). The summed E-state index contributed by atoms with van der Waals surface area (Å²) in [5, 5.41) is 14.6. The Morgan fingerprint density at radius 1 is 1.30 bits per heavy atom. The number of likely N-dealkylation sites (N-methyl/N-ethyl adjacent to an activating group) is 1. The molecule has 1 aliphatic heterocycles. The number of amides is 2. The Hall–Kier alpha value is -1.30. The number of carbonyl (C=O) groups is 2. The number of carboxylic acids is 1. The first-order valence-corrected chi connectivity index (χ1v) is 7.44. The molecule has 0 aromatic carbocycles. The summed E-state index contributed by atoms with van der Waals surface area (Å²) < 4.78 is 0. The molecule has 1 saturated heterocycles. The molecule has 1 heterocycles. The van der Waals surface area contributed by atoms with Crippen LogP contribution in [0, 0.1) is 5.41 Å². The molecule has 0 aromatic heterocycles. The number of hydrogen-bond acceptors (Lipinski definition) is 3. The molecule has 2 fully saturated rings. The Labute approximate surface area is 119 Å². The van der Waals surface area contributed by atoms with Gasteiger partial charge in [-0.2, -0.15) is 0 Å². The summed E-state index contributed by atoms with van der Waals surface area (Å²) >= 11 is 0. The van der Waals surface area contributed by atoms with Gasteiger partial charge in [-0.25, -0.2) is 4.79 Å². The fraction of sp³-hybridized carbons (Fsp3) is 0.857. The first kappa shape index (κ1) is 15.1. The summed E-state index contributed by atoms with van der Waals surface area (Å²) in [5.74, 6) is -0.778. The van der Waals surface area contributed by atoms with Gasteiger partial charge >= 0.3 is 12.0 Å². The predicted octanol–water partition coefficient (Wildman–Crippen LogP) is 1.02. The summed E-state index contributed by atoms with van der Waals surface area (Å²) in [4.78, 5) is 24.9. The Morgan fingerprint density at radius 3 is 2.55 bits per heavy atom. The van der Waals surface area contributed by atoms with Crippen LogP contribution in [0.3, 0.4) is 0 Å². The van der Waals surface area contributed by atoms with Crippen LogP contribution in [0.4, 0.5) is 4.79 Å². The van der Waals surface area contributed by atoms with Gasteiger partial charge in [0.1, 0.15) is 0 Å². The quantitative estimate of drug-likeness (QED) is 0.680. The topological polar surface area (TPSA) is 81.7 Å². The van der Waals surface area contributed by atoms with Crippen molar-refractivity contribution >= 4 is 12.0 Å². The van der Waals surface area contributed by atoms with E-state index in [0.29, 0.717) is 19.1 Å². The van der Waals surface area contributed by atoms with E-state index in [2.05, 4.69) is 22.6 Å². The molecule has 0 spiro atoms. The van der Waals surface area contributed by atoms with Crippen LogP contribution in [0.5, 0.6) is 0 Å². The number of carboxylic acid groups (broad SMARTS) is 1. The van der Waals surface area contributed by atoms with Crippen LogP contribution in [0.25, 0.3) is 0 Å². The zero-order valence-electron chi connectivity index (χ0n) is 12.2. The third-order valence-electron chi connectivity index (χ3n) is 4.73. The Balaban J connectivity index is 1.68. The van der Waals surface area contributed by atoms with Crippen LogP contribution < -0.4 is 10.6 Å². The zero-order valence-corrected chi connectivity index (χ0v) is 12.2. The van der Waals surface area contributed by atoms with Crippen molar-refractivity contribution < 1.29 is 14.7 Å². The van der Waals surface area contributed by atoms with E-state index in [1.807, 2.05) is 0 Å². The Bertz CT molecular complexity index is 369. The van der Waals surface area contributed by atoms with Crippen LogP contribution in [-0.4, -0.2) is 54.7 Å². The van der Waals surface area contributed by atoms with E-state index in [4.69, 9.17) is 5.11 Å². The van der Waals surface area contributed by atoms with Gasteiger partial charge in [-0.3, -0.25) is 4.79 Å². The number of rotatable bonds is 6. The lowest BCUT2D eigenvalue weighted by Crippen LogP contribution is -2.48. The minimum atomic E-state index is -0.778. The molecular weight excluding hydrogens is 258 g/mol. The van der Waals surface area contributed by atoms with Crippen LogP contribution in [0.15, 0.2) is 0 Å². The molecule has 1 saturated carbocycles. The standard InChI is InChI=1S/C14H25N3O3/c1-17-7-2-4-11(17)9-15-13(20)16-10-14(5-3-6-14)8-12(18)19/h11H,2-10H2,1H3,(H,18,19)(H2,15,16,20). The Kier molecular flexibility index (Phi) is 4.86. The number of nitrogens with one attached hydrogen (secondary N) is 2. The number of nitrogens with zero attached hydrogens (tertiary/aromatic N) is 1. The largest absolute Gasteiger partial charge is 0.481 e. The van der Waals surface area contributed by atoms with E-state index in [0.717, 1.165) is 32.2 Å². The molecule has 3 N–H and O–H groups in total. The van der Waals surface area contributed by atoms with Crippen LogP contribution >= 0.6 is 0 Å². The smallest absolute Gasteiger partial charge is 0.314 e. The van der Waals surface area contributed by atoms with Crippen molar-refractivity contribution in [2.24, 2.45) is 5.41 Å². The highest BCUT2D eigenvalue weighted by Gasteiger charge is 2.39. The van der Waals surface area contributed by atoms with Gasteiger partial charge in [-0.15, -0.1) is 0 Å². The Morgan fingerprint density at radius 2 is 2.05 bits per heavy atom. The highest BCUT2D eigenvalue weighted by molar-refractivity contribution is 5.74. The maximum Gasteiger partial charge on any atom is 0.314 e. The average Bonchev–Trinajstić information content (AvgIpc) is 2.75. The molecular formula is C14H25N3O3. The molecule has 6 heteroatoms. The third-order valence-corrected chi connectivity index (χ3v) is 4.73. The molecule has 1 unspecified atom stereocenters. The first-order chi connectivity index (χ1) is 9.51. The lowest BCUT2D eigenvalue weighted by Gasteiger charge is -2.40. The van der Waals surface area contributed by atoms with Gasteiger partial charge in [0.2, 0.25) is 0 Å².